The summed E-state index contributed by atoms with van der Waals surface area (Å²) in [5.41, 5.74) is 1.57. The minimum absolute atomic E-state index is 0.237. The number of hydrogen-bond donors (Lipinski definition) is 0. The summed E-state index contributed by atoms with van der Waals surface area (Å²) in [7, 11) is 0. The molecule has 0 radical (unpaired) electrons. The lowest BCUT2D eigenvalue weighted by Crippen LogP contribution is -2.00. The van der Waals surface area contributed by atoms with Gasteiger partial charge in [-0.15, -0.1) is 0 Å². The first-order chi connectivity index (χ1) is 11.2. The van der Waals surface area contributed by atoms with E-state index in [1.807, 2.05) is 24.3 Å². The number of carbonyl (C=O) groups is 1. The monoisotopic (exact) mass is 374 g/mol. The van der Waals surface area contributed by atoms with Crippen molar-refractivity contribution in [3.63, 3.8) is 0 Å². The zero-order valence-corrected chi connectivity index (χ0v) is 13.5. The predicted octanol–water partition coefficient (Wildman–Crippen LogP) is 4.54. The largest absolute Gasteiger partial charge is 0.485 e. The molecule has 2 aromatic carbocycles. The van der Waals surface area contributed by atoms with Gasteiger partial charge in [0.05, 0.1) is 11.1 Å². The van der Waals surface area contributed by atoms with Gasteiger partial charge >= 0.3 is 0 Å². The van der Waals surface area contributed by atoms with Crippen LogP contribution in [-0.2, 0) is 9.53 Å². The Morgan fingerprint density at radius 3 is 2.57 bits per heavy atom. The summed E-state index contributed by atoms with van der Waals surface area (Å²) in [6.45, 7) is 0.237. The maximum absolute atomic E-state index is 13.1. The van der Waals surface area contributed by atoms with Crippen LogP contribution < -0.4 is 4.74 Å². The Morgan fingerprint density at radius 2 is 1.87 bits per heavy atom. The van der Waals surface area contributed by atoms with Gasteiger partial charge < -0.3 is 9.47 Å². The number of para-hydroxylation sites is 1. The fourth-order valence-electron chi connectivity index (χ4n) is 2.28. The zero-order valence-electron chi connectivity index (χ0n) is 12.0. The molecule has 1 aliphatic heterocycles. The molecular weight excluding hydrogens is 363 g/mol. The van der Waals surface area contributed by atoms with E-state index in [1.165, 1.54) is 12.1 Å². The van der Waals surface area contributed by atoms with Crippen LogP contribution in [0.15, 0.2) is 59.3 Å². The highest BCUT2D eigenvalue weighted by Crippen LogP contribution is 2.36. The molecule has 0 N–H and O–H groups in total. The molecule has 1 heterocycles. The quantitative estimate of drug-likeness (QED) is 0.571. The van der Waals surface area contributed by atoms with Crippen molar-refractivity contribution >= 4 is 33.5 Å². The number of allylic oxidation sites excluding steroid dienone is 1. The van der Waals surface area contributed by atoms with Gasteiger partial charge in [0.2, 0.25) is 0 Å². The smallest absolute Gasteiger partial charge is 0.154 e. The van der Waals surface area contributed by atoms with Crippen LogP contribution in [0.4, 0.5) is 4.39 Å². The summed E-state index contributed by atoms with van der Waals surface area (Å²) in [5, 5.41) is 0. The first kappa shape index (κ1) is 15.5. The van der Waals surface area contributed by atoms with Crippen LogP contribution in [0.2, 0.25) is 0 Å². The predicted molar refractivity (Wildman–Crippen MR) is 89.3 cm³/mol. The summed E-state index contributed by atoms with van der Waals surface area (Å²) < 4.78 is 24.7. The number of benzene rings is 2. The molecule has 5 heteroatoms. The number of ether oxygens (including phenoxy) is 2. The van der Waals surface area contributed by atoms with Crippen LogP contribution in [-0.4, -0.2) is 12.9 Å². The molecule has 2 aromatic rings. The lowest BCUT2D eigenvalue weighted by Gasteiger charge is -2.12. The average molecular weight is 375 g/mol. The Kier molecular flexibility index (Phi) is 4.57. The van der Waals surface area contributed by atoms with Gasteiger partial charge in [0.15, 0.2) is 6.29 Å². The van der Waals surface area contributed by atoms with E-state index in [4.69, 9.17) is 9.47 Å². The number of aldehydes is 1. The van der Waals surface area contributed by atoms with E-state index in [2.05, 4.69) is 15.9 Å². The van der Waals surface area contributed by atoms with Crippen molar-refractivity contribution in [3.8, 4) is 5.75 Å². The van der Waals surface area contributed by atoms with Gasteiger partial charge in [0.25, 0.3) is 0 Å². The Hall–Kier alpha value is -2.40. The molecule has 23 heavy (non-hydrogen) atoms. The van der Waals surface area contributed by atoms with Gasteiger partial charge in [0.1, 0.15) is 29.7 Å². The van der Waals surface area contributed by atoms with E-state index in [0.29, 0.717) is 40.3 Å². The zero-order chi connectivity index (χ0) is 16.2. The maximum atomic E-state index is 13.1. The van der Waals surface area contributed by atoms with E-state index in [1.54, 1.807) is 17.1 Å². The fourth-order valence-corrected chi connectivity index (χ4v) is 2.51. The van der Waals surface area contributed by atoms with E-state index >= 15 is 0 Å². The molecule has 116 valence electrons. The lowest BCUT2D eigenvalue weighted by atomic mass is 10.0. The highest BCUT2D eigenvalue weighted by molar-refractivity contribution is 9.11. The van der Waals surface area contributed by atoms with E-state index in [9.17, 15) is 9.18 Å². The Morgan fingerprint density at radius 1 is 1.13 bits per heavy atom. The lowest BCUT2D eigenvalue weighted by molar-refractivity contribution is -0.103. The molecule has 0 aliphatic carbocycles. The molecule has 3 nitrogen and oxygen atoms in total. The van der Waals surface area contributed by atoms with Crippen LogP contribution in [0.25, 0.3) is 11.3 Å². The van der Waals surface area contributed by atoms with Gasteiger partial charge in [-0.1, -0.05) is 40.2 Å². The minimum Gasteiger partial charge on any atom is -0.485 e. The van der Waals surface area contributed by atoms with Crippen molar-refractivity contribution < 1.29 is 18.7 Å². The second-order valence-electron chi connectivity index (χ2n) is 4.83. The molecule has 0 amide bonds. The fraction of sp³-hybridized carbons (Fsp3) is 0.0556. The minimum atomic E-state index is -0.365. The highest BCUT2D eigenvalue weighted by Gasteiger charge is 2.22. The summed E-state index contributed by atoms with van der Waals surface area (Å²) in [6.07, 6.45) is 0.705. The van der Waals surface area contributed by atoms with E-state index in [-0.39, 0.29) is 12.4 Å². The Balaban J connectivity index is 2.23. The number of rotatable bonds is 2. The van der Waals surface area contributed by atoms with Crippen LogP contribution in [0.5, 0.6) is 5.75 Å². The number of carbonyl (C=O) groups excluding carboxylic acids is 1. The SMILES string of the molecule is O=C/C(=C1\O/C(=C\Br)COc2ccccc21)c1ccc(F)cc1. The Labute approximate surface area is 141 Å². The Bertz CT molecular complexity index is 794. The normalized spacial score (nSPS) is 17.6. The van der Waals surface area contributed by atoms with Crippen LogP contribution >= 0.6 is 15.9 Å². The van der Waals surface area contributed by atoms with Crippen LogP contribution in [0.3, 0.4) is 0 Å². The third-order valence-corrected chi connectivity index (χ3v) is 3.88. The van der Waals surface area contributed by atoms with Crippen LogP contribution in [0, 0.1) is 5.82 Å². The molecule has 0 bridgehead atoms. The topological polar surface area (TPSA) is 35.5 Å². The second-order valence-corrected chi connectivity index (χ2v) is 5.29. The van der Waals surface area contributed by atoms with Gasteiger partial charge in [-0.3, -0.25) is 4.79 Å². The van der Waals surface area contributed by atoms with Crippen molar-refractivity contribution in [1.82, 2.24) is 0 Å². The second kappa shape index (κ2) is 6.79. The molecule has 1 aliphatic rings. The van der Waals surface area contributed by atoms with E-state index in [0.717, 1.165) is 0 Å². The highest BCUT2D eigenvalue weighted by atomic mass is 79.9. The molecule has 0 atom stereocenters. The van der Waals surface area contributed by atoms with Gasteiger partial charge in [-0.05, 0) is 29.8 Å². The van der Waals surface area contributed by atoms with E-state index < -0.39 is 0 Å². The molecule has 0 unspecified atom stereocenters. The summed E-state index contributed by atoms with van der Waals surface area (Å²) in [4.78, 5) is 13.3. The van der Waals surface area contributed by atoms with Gasteiger partial charge in [0, 0.05) is 4.99 Å². The van der Waals surface area contributed by atoms with Crippen molar-refractivity contribution in [3.05, 3.63) is 76.2 Å². The number of fused-ring (bicyclic) bond motifs is 1. The van der Waals surface area contributed by atoms with Crippen LogP contribution in [0.1, 0.15) is 11.1 Å². The first-order valence-corrected chi connectivity index (χ1v) is 7.79. The molecule has 0 aromatic heterocycles. The number of hydrogen-bond acceptors (Lipinski definition) is 3. The maximum Gasteiger partial charge on any atom is 0.154 e. The summed E-state index contributed by atoms with van der Waals surface area (Å²) in [6, 6.07) is 13.0. The summed E-state index contributed by atoms with van der Waals surface area (Å²) in [5.74, 6) is 1.16. The molecule has 0 saturated heterocycles. The summed E-state index contributed by atoms with van der Waals surface area (Å²) >= 11 is 3.23. The third-order valence-electron chi connectivity index (χ3n) is 3.37. The van der Waals surface area contributed by atoms with Crippen molar-refractivity contribution in [2.75, 3.05) is 6.61 Å². The number of halogens is 2. The first-order valence-electron chi connectivity index (χ1n) is 6.87. The molecule has 0 spiro atoms. The average Bonchev–Trinajstić information content (AvgIpc) is 2.77. The van der Waals surface area contributed by atoms with Crippen molar-refractivity contribution in [2.24, 2.45) is 0 Å². The molecule has 0 fully saturated rings. The third kappa shape index (κ3) is 3.19. The van der Waals surface area contributed by atoms with Crippen molar-refractivity contribution in [1.29, 1.82) is 0 Å². The molecule has 3 rings (SSSR count). The van der Waals surface area contributed by atoms with Gasteiger partial charge in [-0.2, -0.15) is 0 Å². The van der Waals surface area contributed by atoms with Crippen molar-refractivity contribution in [2.45, 2.75) is 0 Å². The molecular formula is C18H12BrFO3. The molecule has 0 saturated carbocycles. The standard InChI is InChI=1S/C18H12BrFO3/c19-9-14-11-22-17-4-2-1-3-15(17)18(23-14)16(10-21)12-5-7-13(20)8-6-12/h1-10H,11H2/b14-9-,18-16+. The van der Waals surface area contributed by atoms with Gasteiger partial charge in [-0.25, -0.2) is 4.39 Å².